The summed E-state index contributed by atoms with van der Waals surface area (Å²) < 4.78 is 21.0. The van der Waals surface area contributed by atoms with Crippen LogP contribution in [0.25, 0.3) is 0 Å². The lowest BCUT2D eigenvalue weighted by Gasteiger charge is -2.21. The minimum absolute atomic E-state index is 0.303. The largest absolute Gasteiger partial charge is 0.497 e. The number of methoxy groups -OCH3 is 2. The molecule has 1 aliphatic heterocycles. The third kappa shape index (κ3) is 8.88. The van der Waals surface area contributed by atoms with Crippen molar-refractivity contribution < 1.29 is 28.5 Å². The quantitative estimate of drug-likeness (QED) is 0.335. The normalized spacial score (nSPS) is 14.7. The third-order valence-corrected chi connectivity index (χ3v) is 6.04. The first-order valence-corrected chi connectivity index (χ1v) is 12.2. The van der Waals surface area contributed by atoms with Crippen molar-refractivity contribution in [1.29, 1.82) is 0 Å². The van der Waals surface area contributed by atoms with E-state index in [4.69, 9.17) is 18.9 Å². The molecule has 0 unspecified atom stereocenters. The highest BCUT2D eigenvalue weighted by atomic mass is 16.5. The summed E-state index contributed by atoms with van der Waals surface area (Å²) in [5, 5.41) is 0. The van der Waals surface area contributed by atoms with Crippen molar-refractivity contribution in [2.45, 2.75) is 19.3 Å². The molecule has 1 heterocycles. The molecule has 0 aliphatic carbocycles. The Kier molecular flexibility index (Phi) is 10.9. The second-order valence-electron chi connectivity index (χ2n) is 8.47. The van der Waals surface area contributed by atoms with Gasteiger partial charge >= 0.3 is 11.9 Å². The van der Waals surface area contributed by atoms with E-state index in [2.05, 4.69) is 9.80 Å². The van der Waals surface area contributed by atoms with Crippen molar-refractivity contribution in [3.05, 3.63) is 59.7 Å². The Labute approximate surface area is 207 Å². The molecular weight excluding hydrogens is 448 g/mol. The van der Waals surface area contributed by atoms with Crippen LogP contribution < -0.4 is 9.47 Å². The van der Waals surface area contributed by atoms with Crippen LogP contribution >= 0.6 is 0 Å². The zero-order valence-electron chi connectivity index (χ0n) is 20.7. The summed E-state index contributed by atoms with van der Waals surface area (Å²) in [5.41, 5.74) is 1.07. The number of esters is 2. The van der Waals surface area contributed by atoms with Gasteiger partial charge in [0.05, 0.1) is 38.6 Å². The average Bonchev–Trinajstić information content (AvgIpc) is 3.14. The number of hydrogen-bond donors (Lipinski definition) is 0. The van der Waals surface area contributed by atoms with Gasteiger partial charge in [-0.05, 0) is 80.9 Å². The Hall–Kier alpha value is -3.10. The van der Waals surface area contributed by atoms with Gasteiger partial charge in [-0.15, -0.1) is 0 Å². The summed E-state index contributed by atoms with van der Waals surface area (Å²) in [5.74, 6) is 0.822. The van der Waals surface area contributed by atoms with Crippen LogP contribution in [0, 0.1) is 0 Å². The number of ether oxygens (including phenoxy) is 4. The molecule has 3 rings (SSSR count). The molecule has 0 radical (unpaired) electrons. The molecule has 8 nitrogen and oxygen atoms in total. The summed E-state index contributed by atoms with van der Waals surface area (Å²) in [6.45, 7) is 6.67. The zero-order chi connectivity index (χ0) is 24.9. The molecule has 0 N–H and O–H groups in total. The molecule has 1 fully saturated rings. The topological polar surface area (TPSA) is 77.5 Å². The predicted molar refractivity (Wildman–Crippen MR) is 133 cm³/mol. The summed E-state index contributed by atoms with van der Waals surface area (Å²) in [6, 6.07) is 13.9. The van der Waals surface area contributed by atoms with Crippen LogP contribution in [0.1, 0.15) is 40.0 Å². The summed E-state index contributed by atoms with van der Waals surface area (Å²) in [6.07, 6.45) is 2.71. The van der Waals surface area contributed by atoms with E-state index in [9.17, 15) is 9.59 Å². The molecule has 0 amide bonds. The van der Waals surface area contributed by atoms with E-state index in [1.54, 1.807) is 62.8 Å². The van der Waals surface area contributed by atoms with E-state index in [0.29, 0.717) is 35.8 Å². The fourth-order valence-corrected chi connectivity index (χ4v) is 4.00. The molecule has 1 aliphatic rings. The van der Waals surface area contributed by atoms with Gasteiger partial charge in [0.2, 0.25) is 0 Å². The Bertz CT molecular complexity index is 841. The minimum Gasteiger partial charge on any atom is -0.497 e. The van der Waals surface area contributed by atoms with Crippen LogP contribution in [0.4, 0.5) is 0 Å². The van der Waals surface area contributed by atoms with Crippen molar-refractivity contribution in [3.63, 3.8) is 0 Å². The van der Waals surface area contributed by atoms with E-state index in [0.717, 1.165) is 58.5 Å². The molecule has 35 heavy (non-hydrogen) atoms. The lowest BCUT2D eigenvalue weighted by molar-refractivity contribution is 0.0476. The first-order chi connectivity index (χ1) is 17.1. The second-order valence-corrected chi connectivity index (χ2v) is 8.47. The minimum atomic E-state index is -0.303. The van der Waals surface area contributed by atoms with Gasteiger partial charge in [0, 0.05) is 26.2 Å². The monoisotopic (exact) mass is 484 g/mol. The van der Waals surface area contributed by atoms with E-state index in [-0.39, 0.29) is 11.9 Å². The van der Waals surface area contributed by atoms with E-state index >= 15 is 0 Å². The number of carbonyl (C=O) groups excluding carboxylic acids is 2. The van der Waals surface area contributed by atoms with Gasteiger partial charge in [0.15, 0.2) is 0 Å². The van der Waals surface area contributed by atoms with Crippen LogP contribution in [-0.2, 0) is 9.47 Å². The number of benzene rings is 2. The maximum Gasteiger partial charge on any atom is 0.338 e. The molecule has 1 saturated heterocycles. The molecule has 190 valence electrons. The number of nitrogens with zero attached hydrogens (tertiary/aromatic N) is 2. The Morgan fingerprint density at radius 3 is 1.43 bits per heavy atom. The number of carbonyl (C=O) groups is 2. The average molecular weight is 485 g/mol. The predicted octanol–water partition coefficient (Wildman–Crippen LogP) is 3.51. The van der Waals surface area contributed by atoms with Crippen molar-refractivity contribution in [3.8, 4) is 11.5 Å². The maximum absolute atomic E-state index is 12.1. The summed E-state index contributed by atoms with van der Waals surface area (Å²) in [4.78, 5) is 29.1. The van der Waals surface area contributed by atoms with Crippen molar-refractivity contribution in [2.24, 2.45) is 0 Å². The van der Waals surface area contributed by atoms with E-state index < -0.39 is 0 Å². The van der Waals surface area contributed by atoms with Crippen LogP contribution in [0.2, 0.25) is 0 Å². The Balaban J connectivity index is 1.26. The smallest absolute Gasteiger partial charge is 0.338 e. The van der Waals surface area contributed by atoms with Gasteiger partial charge in [0.1, 0.15) is 11.5 Å². The summed E-state index contributed by atoms with van der Waals surface area (Å²) >= 11 is 0. The second kappa shape index (κ2) is 14.3. The van der Waals surface area contributed by atoms with Crippen LogP contribution in [-0.4, -0.2) is 88.4 Å². The van der Waals surface area contributed by atoms with Crippen LogP contribution in [0.15, 0.2) is 48.5 Å². The highest BCUT2D eigenvalue weighted by Crippen LogP contribution is 2.13. The molecular formula is C27H36N2O6. The van der Waals surface area contributed by atoms with E-state index in [1.807, 2.05) is 0 Å². The molecule has 0 saturated carbocycles. The molecule has 0 aromatic heterocycles. The third-order valence-electron chi connectivity index (χ3n) is 6.04. The fraction of sp³-hybridized carbons (Fsp3) is 0.481. The first-order valence-electron chi connectivity index (χ1n) is 12.2. The molecule has 0 atom stereocenters. The van der Waals surface area contributed by atoms with Crippen molar-refractivity contribution in [1.82, 2.24) is 9.80 Å². The van der Waals surface area contributed by atoms with Gasteiger partial charge in [-0.3, -0.25) is 0 Å². The molecule has 0 bridgehead atoms. The van der Waals surface area contributed by atoms with Gasteiger partial charge in [-0.2, -0.15) is 0 Å². The molecule has 8 heteroatoms. The lowest BCUT2D eigenvalue weighted by Crippen LogP contribution is -2.32. The number of rotatable bonds is 12. The highest BCUT2D eigenvalue weighted by Gasteiger charge is 2.15. The van der Waals surface area contributed by atoms with Gasteiger partial charge in [-0.25, -0.2) is 9.59 Å². The molecule has 2 aromatic carbocycles. The van der Waals surface area contributed by atoms with Gasteiger partial charge in [-0.1, -0.05) is 0 Å². The zero-order valence-corrected chi connectivity index (χ0v) is 20.7. The molecule has 0 spiro atoms. The van der Waals surface area contributed by atoms with Gasteiger partial charge < -0.3 is 28.7 Å². The van der Waals surface area contributed by atoms with Crippen LogP contribution in [0.3, 0.4) is 0 Å². The van der Waals surface area contributed by atoms with Gasteiger partial charge in [0.25, 0.3) is 0 Å². The fourth-order valence-electron chi connectivity index (χ4n) is 4.00. The lowest BCUT2D eigenvalue weighted by atomic mass is 10.2. The highest BCUT2D eigenvalue weighted by molar-refractivity contribution is 5.90. The van der Waals surface area contributed by atoms with Crippen LogP contribution in [0.5, 0.6) is 11.5 Å². The van der Waals surface area contributed by atoms with Crippen molar-refractivity contribution in [2.75, 3.05) is 66.7 Å². The van der Waals surface area contributed by atoms with E-state index in [1.165, 1.54) is 0 Å². The SMILES string of the molecule is COc1ccc(C(=O)OCCCN2CCCN(CCCOC(=O)c3ccc(OC)cc3)CC2)cc1. The standard InChI is InChI=1S/C27H36N2O6/c1-32-24-10-6-22(7-11-24)26(30)34-20-4-16-28-14-3-15-29(19-18-28)17-5-21-35-27(31)23-8-12-25(33-2)13-9-23/h6-13H,3-5,14-21H2,1-2H3. The molecule has 2 aromatic rings. The summed E-state index contributed by atoms with van der Waals surface area (Å²) in [7, 11) is 3.19. The Morgan fingerprint density at radius 2 is 1.06 bits per heavy atom. The Morgan fingerprint density at radius 1 is 0.657 bits per heavy atom. The van der Waals surface area contributed by atoms with Crippen molar-refractivity contribution >= 4 is 11.9 Å². The maximum atomic E-state index is 12.1. The first kappa shape index (κ1) is 26.5. The number of hydrogen-bond acceptors (Lipinski definition) is 8.